The first-order valence-corrected chi connectivity index (χ1v) is 13.9. The van der Waals surface area contributed by atoms with E-state index in [0.29, 0.717) is 38.6 Å². The van der Waals surface area contributed by atoms with Gasteiger partial charge in [-0.3, -0.25) is 14.4 Å². The second-order valence-corrected chi connectivity index (χ2v) is 10.3. The van der Waals surface area contributed by atoms with Gasteiger partial charge in [-0.25, -0.2) is 4.79 Å². The van der Waals surface area contributed by atoms with E-state index in [2.05, 4.69) is 26.3 Å². The molecule has 2 heterocycles. The van der Waals surface area contributed by atoms with Gasteiger partial charge in [-0.1, -0.05) is 38.5 Å². The van der Waals surface area contributed by atoms with Crippen LogP contribution in [-0.4, -0.2) is 71.0 Å². The van der Waals surface area contributed by atoms with Gasteiger partial charge >= 0.3 is 5.97 Å². The Hall–Kier alpha value is -3.44. The molecule has 1 aliphatic heterocycles. The van der Waals surface area contributed by atoms with Crippen LogP contribution in [0.15, 0.2) is 30.5 Å². The maximum atomic E-state index is 13.4. The van der Waals surface area contributed by atoms with Crippen LogP contribution in [0.2, 0.25) is 0 Å². The minimum absolute atomic E-state index is 0.0779. The standard InChI is InChI=1S/C28H42N6O5/c1-3-17(2)24(34-25(35)21-12-8-14-30-21)27(37)32-22(11-6-7-13-29)26(36)33-23(28(38)39)15-18-16-31-20-10-5-4-9-19(18)20/h4-5,9-10,16-17,21-24,30-31H,3,6-8,11-15,29H2,1-2H3,(H,32,37)(H,33,36)(H,34,35)(H,38,39). The van der Waals surface area contributed by atoms with E-state index >= 15 is 0 Å². The van der Waals surface area contributed by atoms with Crippen LogP contribution in [0.25, 0.3) is 10.9 Å². The fourth-order valence-corrected chi connectivity index (χ4v) is 4.88. The lowest BCUT2D eigenvalue weighted by Crippen LogP contribution is -2.58. The van der Waals surface area contributed by atoms with Crippen LogP contribution >= 0.6 is 0 Å². The number of nitrogens with one attached hydrogen (secondary N) is 5. The minimum atomic E-state index is -1.19. The molecule has 39 heavy (non-hydrogen) atoms. The zero-order valence-corrected chi connectivity index (χ0v) is 22.8. The van der Waals surface area contributed by atoms with Crippen LogP contribution in [0.4, 0.5) is 0 Å². The average Bonchev–Trinajstić information content (AvgIpc) is 3.61. The molecule has 0 spiro atoms. The SMILES string of the molecule is CCC(C)C(NC(=O)C1CCCN1)C(=O)NC(CCCCN)C(=O)NC(Cc1c[nH]c2ccccc12)C(=O)O. The number of para-hydroxylation sites is 1. The van der Waals surface area contributed by atoms with E-state index in [9.17, 15) is 24.3 Å². The van der Waals surface area contributed by atoms with Gasteiger partial charge in [-0.15, -0.1) is 0 Å². The number of fused-ring (bicyclic) bond motifs is 1. The van der Waals surface area contributed by atoms with Crippen molar-refractivity contribution in [3.05, 3.63) is 36.0 Å². The maximum absolute atomic E-state index is 13.4. The molecule has 2 aromatic rings. The molecule has 11 nitrogen and oxygen atoms in total. The molecule has 0 radical (unpaired) electrons. The Labute approximate surface area is 229 Å². The van der Waals surface area contributed by atoms with Crippen LogP contribution in [0, 0.1) is 5.92 Å². The number of hydrogen-bond donors (Lipinski definition) is 7. The quantitative estimate of drug-likeness (QED) is 0.165. The molecule has 1 fully saturated rings. The Morgan fingerprint density at radius 3 is 2.49 bits per heavy atom. The molecule has 1 aromatic heterocycles. The molecule has 5 atom stereocenters. The number of carbonyl (C=O) groups is 4. The summed E-state index contributed by atoms with van der Waals surface area (Å²) in [5, 5.41) is 22.2. The highest BCUT2D eigenvalue weighted by atomic mass is 16.4. The van der Waals surface area contributed by atoms with Gasteiger partial charge in [0.15, 0.2) is 0 Å². The third-order valence-corrected chi connectivity index (χ3v) is 7.46. The number of carboxylic acid groups (broad SMARTS) is 1. The van der Waals surface area contributed by atoms with E-state index in [0.717, 1.165) is 29.4 Å². The lowest BCUT2D eigenvalue weighted by Gasteiger charge is -2.28. The molecule has 3 rings (SSSR count). The molecule has 5 unspecified atom stereocenters. The molecular formula is C28H42N6O5. The first-order chi connectivity index (χ1) is 18.7. The number of amides is 3. The van der Waals surface area contributed by atoms with Crippen LogP contribution in [0.5, 0.6) is 0 Å². The van der Waals surface area contributed by atoms with Gasteiger partial charge < -0.3 is 37.1 Å². The van der Waals surface area contributed by atoms with Crippen molar-refractivity contribution in [3.63, 3.8) is 0 Å². The normalized spacial score (nSPS) is 18.2. The smallest absolute Gasteiger partial charge is 0.326 e. The summed E-state index contributed by atoms with van der Waals surface area (Å²) in [4.78, 5) is 54.7. The van der Waals surface area contributed by atoms with E-state index in [4.69, 9.17) is 5.73 Å². The molecule has 214 valence electrons. The molecule has 3 amide bonds. The summed E-state index contributed by atoms with van der Waals surface area (Å²) in [7, 11) is 0. The molecular weight excluding hydrogens is 500 g/mol. The summed E-state index contributed by atoms with van der Waals surface area (Å²) in [5.74, 6) is -2.63. The topological polar surface area (TPSA) is 178 Å². The van der Waals surface area contributed by atoms with Crippen molar-refractivity contribution in [3.8, 4) is 0 Å². The van der Waals surface area contributed by atoms with Crippen LogP contribution in [-0.2, 0) is 25.6 Å². The maximum Gasteiger partial charge on any atom is 0.326 e. The summed E-state index contributed by atoms with van der Waals surface area (Å²) in [6.07, 6.45) is 5.58. The monoisotopic (exact) mass is 542 g/mol. The molecule has 0 bridgehead atoms. The number of rotatable bonds is 15. The Bertz CT molecular complexity index is 1130. The number of aromatic amines is 1. The molecule has 8 N–H and O–H groups in total. The summed E-state index contributed by atoms with van der Waals surface area (Å²) in [6, 6.07) is 4.21. The lowest BCUT2D eigenvalue weighted by molar-refractivity contribution is -0.142. The first-order valence-electron chi connectivity index (χ1n) is 13.9. The summed E-state index contributed by atoms with van der Waals surface area (Å²) in [6.45, 7) is 4.99. The van der Waals surface area contributed by atoms with E-state index in [1.165, 1.54) is 0 Å². The van der Waals surface area contributed by atoms with Crippen molar-refractivity contribution in [2.45, 2.75) is 83.0 Å². The number of aliphatic carboxylic acids is 1. The van der Waals surface area contributed by atoms with Crippen LogP contribution in [0.1, 0.15) is 57.9 Å². The Morgan fingerprint density at radius 1 is 1.08 bits per heavy atom. The fourth-order valence-electron chi connectivity index (χ4n) is 4.88. The van der Waals surface area contributed by atoms with Crippen molar-refractivity contribution < 1.29 is 24.3 Å². The number of carboxylic acids is 1. The molecule has 0 saturated carbocycles. The number of benzene rings is 1. The van der Waals surface area contributed by atoms with Gasteiger partial charge in [0, 0.05) is 23.5 Å². The van der Waals surface area contributed by atoms with Crippen LogP contribution < -0.4 is 27.0 Å². The van der Waals surface area contributed by atoms with Gasteiger partial charge in [-0.2, -0.15) is 0 Å². The zero-order chi connectivity index (χ0) is 28.4. The number of carbonyl (C=O) groups excluding carboxylic acids is 3. The van der Waals surface area contributed by atoms with E-state index in [1.54, 1.807) is 6.20 Å². The number of unbranched alkanes of at least 4 members (excludes halogenated alkanes) is 1. The summed E-state index contributed by atoms with van der Waals surface area (Å²) >= 11 is 0. The third-order valence-electron chi connectivity index (χ3n) is 7.46. The van der Waals surface area contributed by atoms with Crippen molar-refractivity contribution in [2.24, 2.45) is 11.7 Å². The predicted molar refractivity (Wildman–Crippen MR) is 149 cm³/mol. The zero-order valence-electron chi connectivity index (χ0n) is 22.8. The van der Waals surface area contributed by atoms with Gasteiger partial charge in [0.25, 0.3) is 0 Å². The Balaban J connectivity index is 1.73. The Kier molecular flexibility index (Phi) is 11.3. The van der Waals surface area contributed by atoms with E-state index < -0.39 is 35.9 Å². The molecule has 1 aliphatic rings. The second kappa shape index (κ2) is 14.6. The first kappa shape index (κ1) is 30.1. The molecule has 0 aliphatic carbocycles. The predicted octanol–water partition coefficient (Wildman–Crippen LogP) is 1.18. The fraction of sp³-hybridized carbons (Fsp3) is 0.571. The second-order valence-electron chi connectivity index (χ2n) is 10.3. The van der Waals surface area contributed by atoms with Gasteiger partial charge in [0.2, 0.25) is 17.7 Å². The highest BCUT2D eigenvalue weighted by molar-refractivity contribution is 5.94. The lowest BCUT2D eigenvalue weighted by atomic mass is 9.96. The van der Waals surface area contributed by atoms with Crippen molar-refractivity contribution in [1.29, 1.82) is 0 Å². The molecule has 11 heteroatoms. The highest BCUT2D eigenvalue weighted by Crippen LogP contribution is 2.19. The number of nitrogens with two attached hydrogens (primary N) is 1. The Morgan fingerprint density at radius 2 is 1.82 bits per heavy atom. The molecule has 1 saturated heterocycles. The van der Waals surface area contributed by atoms with Crippen molar-refractivity contribution >= 4 is 34.6 Å². The molecule has 1 aromatic carbocycles. The number of aromatic nitrogens is 1. The van der Waals surface area contributed by atoms with Gasteiger partial charge in [-0.05, 0) is 62.7 Å². The van der Waals surface area contributed by atoms with E-state index in [-0.39, 0.29) is 24.3 Å². The van der Waals surface area contributed by atoms with Crippen molar-refractivity contribution in [1.82, 2.24) is 26.3 Å². The third kappa shape index (κ3) is 8.27. The average molecular weight is 543 g/mol. The summed E-state index contributed by atoms with van der Waals surface area (Å²) < 4.78 is 0. The minimum Gasteiger partial charge on any atom is -0.480 e. The highest BCUT2D eigenvalue weighted by Gasteiger charge is 2.33. The van der Waals surface area contributed by atoms with Gasteiger partial charge in [0.05, 0.1) is 6.04 Å². The van der Waals surface area contributed by atoms with Gasteiger partial charge in [0.1, 0.15) is 18.1 Å². The number of H-pyrrole nitrogens is 1. The van der Waals surface area contributed by atoms with Crippen LogP contribution in [0.3, 0.4) is 0 Å². The van der Waals surface area contributed by atoms with E-state index in [1.807, 2.05) is 38.1 Å². The largest absolute Gasteiger partial charge is 0.480 e. The van der Waals surface area contributed by atoms with Crippen molar-refractivity contribution in [2.75, 3.05) is 13.1 Å². The number of hydrogen-bond acceptors (Lipinski definition) is 6. The summed E-state index contributed by atoms with van der Waals surface area (Å²) in [5.41, 5.74) is 7.27.